The first kappa shape index (κ1) is 24.4. The highest BCUT2D eigenvalue weighted by molar-refractivity contribution is 5.91. The molecule has 2 atom stereocenters. The first-order chi connectivity index (χ1) is 17.2. The van der Waals surface area contributed by atoms with Gasteiger partial charge < -0.3 is 19.6 Å². The molecule has 1 N–H and O–H groups in total. The number of benzene rings is 2. The van der Waals surface area contributed by atoms with Gasteiger partial charge in [0.25, 0.3) is 0 Å². The van der Waals surface area contributed by atoms with Crippen LogP contribution in [0.4, 0.5) is 18.9 Å². The summed E-state index contributed by atoms with van der Waals surface area (Å²) in [5.41, 5.74) is -1.01. The maximum absolute atomic E-state index is 13.7. The van der Waals surface area contributed by atoms with E-state index in [1.807, 2.05) is 34.1 Å². The largest absolute Gasteiger partial charge is 0.497 e. The van der Waals surface area contributed by atoms with Crippen LogP contribution in [0.1, 0.15) is 36.0 Å². The number of aliphatic hydroxyl groups is 1. The molecule has 9 heteroatoms. The van der Waals surface area contributed by atoms with Gasteiger partial charge in [-0.15, -0.1) is 0 Å². The second-order valence-electron chi connectivity index (χ2n) is 10.2. The van der Waals surface area contributed by atoms with E-state index in [0.717, 1.165) is 30.2 Å². The van der Waals surface area contributed by atoms with Crippen LogP contribution in [0.2, 0.25) is 0 Å². The highest BCUT2D eigenvalue weighted by Crippen LogP contribution is 2.52. The van der Waals surface area contributed by atoms with Gasteiger partial charge >= 0.3 is 6.18 Å². The minimum atomic E-state index is -4.62. The maximum Gasteiger partial charge on any atom is 0.417 e. The van der Waals surface area contributed by atoms with Gasteiger partial charge in [-0.05, 0) is 55.2 Å². The lowest BCUT2D eigenvalue weighted by molar-refractivity contribution is -0.137. The van der Waals surface area contributed by atoms with E-state index in [2.05, 4.69) is 0 Å². The van der Waals surface area contributed by atoms with Crippen LogP contribution < -0.4 is 9.64 Å². The zero-order valence-corrected chi connectivity index (χ0v) is 20.0. The molecular weight excluding hydrogens is 471 g/mol. The number of hydrogen-bond donors (Lipinski definition) is 1. The van der Waals surface area contributed by atoms with E-state index in [-0.39, 0.29) is 18.4 Å². The van der Waals surface area contributed by atoms with Crippen LogP contribution >= 0.6 is 0 Å². The minimum Gasteiger partial charge on any atom is -0.497 e. The topological polar surface area (TPSA) is 76.8 Å². The summed E-state index contributed by atoms with van der Waals surface area (Å²) in [5.74, 6) is 0.709. The molecule has 1 saturated carbocycles. The average molecular weight is 500 g/mol. The van der Waals surface area contributed by atoms with Crippen molar-refractivity contribution >= 4 is 11.6 Å². The molecular formula is C27H28F3N3O3. The number of carbonyl (C=O) groups excluding carboxylic acids is 1. The van der Waals surface area contributed by atoms with Crippen LogP contribution in [-0.4, -0.2) is 55.8 Å². The summed E-state index contributed by atoms with van der Waals surface area (Å²) in [5, 5.41) is 19.5. The van der Waals surface area contributed by atoms with E-state index >= 15 is 0 Å². The van der Waals surface area contributed by atoms with Crippen LogP contribution in [0.25, 0.3) is 0 Å². The molecule has 1 amide bonds. The lowest BCUT2D eigenvalue weighted by Crippen LogP contribution is -2.49. The molecule has 0 radical (unpaired) electrons. The maximum atomic E-state index is 13.7. The van der Waals surface area contributed by atoms with Crippen LogP contribution in [0.3, 0.4) is 0 Å². The fraction of sp³-hybridized carbons (Fsp3) is 0.481. The molecule has 36 heavy (non-hydrogen) atoms. The smallest absolute Gasteiger partial charge is 0.417 e. The highest BCUT2D eigenvalue weighted by Gasteiger charge is 2.57. The van der Waals surface area contributed by atoms with Crippen LogP contribution in [0.5, 0.6) is 5.75 Å². The van der Waals surface area contributed by atoms with Gasteiger partial charge in [-0.25, -0.2) is 0 Å². The molecule has 0 aromatic heterocycles. The van der Waals surface area contributed by atoms with Crippen molar-refractivity contribution in [1.29, 1.82) is 5.26 Å². The van der Waals surface area contributed by atoms with Crippen LogP contribution in [-0.2, 0) is 16.4 Å². The summed E-state index contributed by atoms with van der Waals surface area (Å²) >= 11 is 0. The van der Waals surface area contributed by atoms with Crippen molar-refractivity contribution in [2.24, 2.45) is 11.3 Å². The molecule has 2 aliphatic heterocycles. The second-order valence-corrected chi connectivity index (χ2v) is 10.2. The number of nitriles is 1. The number of likely N-dealkylation sites (tertiary alicyclic amines) is 1. The third kappa shape index (κ3) is 3.97. The molecule has 0 unspecified atom stereocenters. The summed E-state index contributed by atoms with van der Waals surface area (Å²) in [7, 11) is 1.60. The molecule has 2 saturated heterocycles. The fourth-order valence-electron chi connectivity index (χ4n) is 5.96. The SMILES string of the molecule is COc1ccc(C2(C(=O)N3C[C@H]4CN(c5ccc(C#N)c(C(F)(F)F)c5)CC[C@@]4(CO)C3)CC2)cc1. The van der Waals surface area contributed by atoms with Gasteiger partial charge in [-0.3, -0.25) is 4.79 Å². The lowest BCUT2D eigenvalue weighted by atomic mass is 9.73. The Bertz CT molecular complexity index is 1200. The molecule has 3 aliphatic rings. The number of alkyl halides is 3. The predicted molar refractivity (Wildman–Crippen MR) is 126 cm³/mol. The molecule has 2 heterocycles. The Labute approximate surface area is 207 Å². The molecule has 2 aromatic rings. The number of amides is 1. The molecule has 0 spiro atoms. The third-order valence-electron chi connectivity index (χ3n) is 8.33. The first-order valence-corrected chi connectivity index (χ1v) is 12.1. The Balaban J connectivity index is 1.36. The van der Waals surface area contributed by atoms with Gasteiger partial charge in [0.1, 0.15) is 5.75 Å². The van der Waals surface area contributed by atoms with Gasteiger partial charge in [0.15, 0.2) is 0 Å². The number of fused-ring (bicyclic) bond motifs is 1. The van der Waals surface area contributed by atoms with Crippen molar-refractivity contribution in [2.45, 2.75) is 30.9 Å². The highest BCUT2D eigenvalue weighted by atomic mass is 19.4. The van der Waals surface area contributed by atoms with E-state index in [0.29, 0.717) is 38.3 Å². The van der Waals surface area contributed by atoms with Gasteiger partial charge in [-0.2, -0.15) is 18.4 Å². The van der Waals surface area contributed by atoms with E-state index in [4.69, 9.17) is 10.00 Å². The third-order valence-corrected chi connectivity index (χ3v) is 8.33. The summed E-state index contributed by atoms with van der Waals surface area (Å²) in [4.78, 5) is 17.4. The Morgan fingerprint density at radius 3 is 2.47 bits per heavy atom. The van der Waals surface area contributed by atoms with E-state index in [1.54, 1.807) is 19.2 Å². The summed E-state index contributed by atoms with van der Waals surface area (Å²) < 4.78 is 45.7. The molecule has 2 aromatic carbocycles. The van der Waals surface area contributed by atoms with Gasteiger partial charge in [-0.1, -0.05) is 12.1 Å². The summed E-state index contributed by atoms with van der Waals surface area (Å²) in [6.07, 6.45) is -2.52. The predicted octanol–water partition coefficient (Wildman–Crippen LogP) is 3.96. The van der Waals surface area contributed by atoms with E-state index in [1.165, 1.54) is 6.07 Å². The molecule has 6 nitrogen and oxygen atoms in total. The molecule has 190 valence electrons. The molecule has 3 fully saturated rings. The van der Waals surface area contributed by atoms with Crippen molar-refractivity contribution in [1.82, 2.24) is 4.90 Å². The van der Waals surface area contributed by atoms with Gasteiger partial charge in [0.05, 0.1) is 36.3 Å². The first-order valence-electron chi connectivity index (χ1n) is 12.1. The summed E-state index contributed by atoms with van der Waals surface area (Å²) in [6.45, 7) is 1.72. The van der Waals surface area contributed by atoms with Crippen molar-refractivity contribution in [3.05, 3.63) is 59.2 Å². The minimum absolute atomic E-state index is 0.0548. The Kier molecular flexibility index (Phi) is 5.91. The number of hydrogen-bond acceptors (Lipinski definition) is 5. The number of aliphatic hydroxyl groups excluding tert-OH is 1. The number of rotatable bonds is 5. The number of carbonyl (C=O) groups is 1. The Hall–Kier alpha value is -3.25. The van der Waals surface area contributed by atoms with Crippen molar-refractivity contribution in [3.8, 4) is 11.8 Å². The van der Waals surface area contributed by atoms with Crippen molar-refractivity contribution in [3.63, 3.8) is 0 Å². The fourth-order valence-corrected chi connectivity index (χ4v) is 5.96. The quantitative estimate of drug-likeness (QED) is 0.674. The van der Waals surface area contributed by atoms with Crippen LogP contribution in [0, 0.1) is 22.7 Å². The van der Waals surface area contributed by atoms with Gasteiger partial charge in [0, 0.05) is 43.2 Å². The lowest BCUT2D eigenvalue weighted by Gasteiger charge is -2.43. The monoisotopic (exact) mass is 499 g/mol. The average Bonchev–Trinajstić information content (AvgIpc) is 3.61. The zero-order valence-electron chi connectivity index (χ0n) is 20.0. The van der Waals surface area contributed by atoms with Gasteiger partial charge in [0.2, 0.25) is 5.91 Å². The Morgan fingerprint density at radius 1 is 1.17 bits per heavy atom. The molecule has 0 bridgehead atoms. The summed E-state index contributed by atoms with van der Waals surface area (Å²) in [6, 6.07) is 13.0. The van der Waals surface area contributed by atoms with Crippen molar-refractivity contribution < 1.29 is 27.8 Å². The zero-order chi connectivity index (χ0) is 25.7. The van der Waals surface area contributed by atoms with Crippen molar-refractivity contribution in [2.75, 3.05) is 44.8 Å². The number of piperidine rings is 1. The second kappa shape index (κ2) is 8.70. The molecule has 5 rings (SSSR count). The number of nitrogens with zero attached hydrogens (tertiary/aromatic N) is 3. The number of halogens is 3. The normalized spacial score (nSPS) is 24.7. The molecule has 1 aliphatic carbocycles. The number of methoxy groups -OCH3 is 1. The number of anilines is 1. The van der Waals surface area contributed by atoms with Crippen LogP contribution in [0.15, 0.2) is 42.5 Å². The number of ether oxygens (including phenoxy) is 1. The standard InChI is InChI=1S/C27H28F3N3O3/c1-36-22-6-3-19(4-7-22)26(8-9-26)24(35)33-15-20-14-32(11-10-25(20,16-33)17-34)21-5-2-18(13-31)23(12-21)27(28,29)30/h2-7,12,20,34H,8-11,14-17H2,1H3/t20-,25+/m1/s1. The van der Waals surface area contributed by atoms with E-state index < -0.39 is 28.1 Å². The Morgan fingerprint density at radius 2 is 1.89 bits per heavy atom. The van der Waals surface area contributed by atoms with E-state index in [9.17, 15) is 23.1 Å².